The first kappa shape index (κ1) is 33.3. The number of halogens is 2. The van der Waals surface area contributed by atoms with Crippen molar-refractivity contribution in [3.8, 4) is 43.5 Å². The van der Waals surface area contributed by atoms with Gasteiger partial charge in [-0.2, -0.15) is 0 Å². The van der Waals surface area contributed by atoms with E-state index in [0.717, 1.165) is 45.1 Å². The van der Waals surface area contributed by atoms with Gasteiger partial charge in [0.05, 0.1) is 30.5 Å². The van der Waals surface area contributed by atoms with Crippen LogP contribution in [0.1, 0.15) is 90.9 Å². The van der Waals surface area contributed by atoms with Crippen molar-refractivity contribution >= 4 is 54.5 Å². The van der Waals surface area contributed by atoms with Crippen LogP contribution >= 0.6 is 54.5 Å². The van der Waals surface area contributed by atoms with Gasteiger partial charge in [0.1, 0.15) is 11.5 Å². The molecule has 0 aliphatic carbocycles. The molecule has 4 aromatic rings. The highest BCUT2D eigenvalue weighted by molar-refractivity contribution is 9.11. The number of unbranched alkanes of at least 4 members (excludes halogenated alkanes) is 10. The van der Waals surface area contributed by atoms with E-state index in [0.29, 0.717) is 0 Å². The number of thiophene rings is 2. The molecule has 0 aliphatic heterocycles. The number of rotatable bonds is 19. The molecule has 42 heavy (non-hydrogen) atoms. The lowest BCUT2D eigenvalue weighted by Gasteiger charge is -2.10. The molecule has 2 nitrogen and oxygen atoms in total. The van der Waals surface area contributed by atoms with Gasteiger partial charge in [0.2, 0.25) is 0 Å². The number of hydrogen-bond donors (Lipinski definition) is 0. The Morgan fingerprint density at radius 1 is 0.500 bits per heavy atom. The predicted octanol–water partition coefficient (Wildman–Crippen LogP) is 13.8. The van der Waals surface area contributed by atoms with Gasteiger partial charge in [-0.25, -0.2) is 0 Å². The van der Waals surface area contributed by atoms with Crippen molar-refractivity contribution < 1.29 is 9.47 Å². The molecule has 0 saturated carbocycles. The molecule has 0 aliphatic rings. The normalized spacial score (nSPS) is 11.2. The van der Waals surface area contributed by atoms with Gasteiger partial charge in [0, 0.05) is 11.1 Å². The predicted molar refractivity (Wildman–Crippen MR) is 192 cm³/mol. The molecule has 0 radical (unpaired) electrons. The zero-order valence-corrected chi connectivity index (χ0v) is 29.9. The molecule has 0 atom stereocenters. The lowest BCUT2D eigenvalue weighted by Crippen LogP contribution is -1.97. The molecule has 2 heterocycles. The first-order valence-corrected chi connectivity index (χ1v) is 18.9. The van der Waals surface area contributed by atoms with E-state index < -0.39 is 0 Å². The van der Waals surface area contributed by atoms with Gasteiger partial charge in [-0.1, -0.05) is 102 Å². The van der Waals surface area contributed by atoms with Gasteiger partial charge < -0.3 is 9.47 Å². The Morgan fingerprint density at radius 2 is 0.857 bits per heavy atom. The summed E-state index contributed by atoms with van der Waals surface area (Å²) in [5, 5.41) is 0. The summed E-state index contributed by atoms with van der Waals surface area (Å²) in [6, 6.07) is 21.7. The number of benzene rings is 2. The van der Waals surface area contributed by atoms with Gasteiger partial charge in [-0.05, 0) is 92.2 Å². The van der Waals surface area contributed by atoms with Crippen LogP contribution in [0, 0.1) is 0 Å². The Morgan fingerprint density at radius 3 is 1.24 bits per heavy atom. The van der Waals surface area contributed by atoms with Crippen molar-refractivity contribution in [1.29, 1.82) is 0 Å². The highest BCUT2D eigenvalue weighted by Crippen LogP contribution is 2.49. The lowest BCUT2D eigenvalue weighted by molar-refractivity contribution is 0.304. The minimum Gasteiger partial charge on any atom is -0.494 e. The van der Waals surface area contributed by atoms with E-state index in [1.165, 1.54) is 96.2 Å². The monoisotopic (exact) mass is 730 g/mol. The average Bonchev–Trinajstić information content (AvgIpc) is 3.59. The summed E-state index contributed by atoms with van der Waals surface area (Å²) in [5.41, 5.74) is 4.88. The molecule has 2 aromatic heterocycles. The maximum absolute atomic E-state index is 6.04. The van der Waals surface area contributed by atoms with E-state index in [1.807, 2.05) is 0 Å². The highest BCUT2D eigenvalue weighted by atomic mass is 79.9. The van der Waals surface area contributed by atoms with Crippen molar-refractivity contribution in [3.05, 3.63) is 68.2 Å². The van der Waals surface area contributed by atoms with Gasteiger partial charge in [-0.15, -0.1) is 22.7 Å². The SMILES string of the molecule is CCCCCCCCOc1ccc(-c2cc(Br)sc2-c2sc(Br)cc2-c2ccc(OCCCCCCCC)cc2)cc1. The second-order valence-electron chi connectivity index (χ2n) is 10.9. The van der Waals surface area contributed by atoms with Crippen LogP contribution < -0.4 is 9.47 Å². The van der Waals surface area contributed by atoms with Crippen molar-refractivity contribution in [2.24, 2.45) is 0 Å². The lowest BCUT2D eigenvalue weighted by atomic mass is 10.0. The van der Waals surface area contributed by atoms with Crippen molar-refractivity contribution in [2.45, 2.75) is 90.9 Å². The molecule has 226 valence electrons. The Balaban J connectivity index is 1.40. The number of hydrogen-bond acceptors (Lipinski definition) is 4. The molecular formula is C36H44Br2O2S2. The Bertz CT molecular complexity index is 1220. The standard InChI is InChI=1S/C36H44Br2O2S2/c1-3-5-7-9-11-13-23-39-29-19-15-27(16-20-29)31-25-33(37)41-35(31)36-32(26-34(38)42-36)28-17-21-30(22-18-28)40-24-14-12-10-8-6-4-2/h15-22,25-26H,3-14,23-24H2,1-2H3. The van der Waals surface area contributed by atoms with Gasteiger partial charge in [-0.3, -0.25) is 0 Å². The quantitative estimate of drug-likeness (QED) is 0.0894. The molecule has 0 bridgehead atoms. The van der Waals surface area contributed by atoms with Crippen LogP contribution in [0.3, 0.4) is 0 Å². The second kappa shape index (κ2) is 18.3. The zero-order chi connectivity index (χ0) is 29.6. The van der Waals surface area contributed by atoms with E-state index in [9.17, 15) is 0 Å². The molecule has 4 rings (SSSR count). The molecule has 0 N–H and O–H groups in total. The van der Waals surface area contributed by atoms with Gasteiger partial charge in [0.15, 0.2) is 0 Å². The topological polar surface area (TPSA) is 18.5 Å². The van der Waals surface area contributed by atoms with Crippen molar-refractivity contribution in [2.75, 3.05) is 13.2 Å². The maximum Gasteiger partial charge on any atom is 0.119 e. The average molecular weight is 733 g/mol. The minimum atomic E-state index is 0.788. The first-order valence-electron chi connectivity index (χ1n) is 15.6. The Labute approximate surface area is 278 Å². The Hall–Kier alpha value is -1.60. The second-order valence-corrected chi connectivity index (χ2v) is 15.7. The van der Waals surface area contributed by atoms with Crippen LogP contribution in [0.25, 0.3) is 32.0 Å². The smallest absolute Gasteiger partial charge is 0.119 e. The fourth-order valence-corrected chi connectivity index (χ4v) is 8.50. The summed E-state index contributed by atoms with van der Waals surface area (Å²) in [6.45, 7) is 6.09. The molecular weight excluding hydrogens is 688 g/mol. The summed E-state index contributed by atoms with van der Waals surface area (Å²) in [4.78, 5) is 2.55. The molecule has 0 spiro atoms. The molecule has 0 unspecified atom stereocenters. The largest absolute Gasteiger partial charge is 0.494 e. The van der Waals surface area contributed by atoms with Gasteiger partial charge >= 0.3 is 0 Å². The van der Waals surface area contributed by atoms with Crippen molar-refractivity contribution in [3.63, 3.8) is 0 Å². The third-order valence-corrected chi connectivity index (χ3v) is 10.9. The minimum absolute atomic E-state index is 0.788. The summed E-state index contributed by atoms with van der Waals surface area (Å²) in [5.74, 6) is 1.89. The molecule has 6 heteroatoms. The van der Waals surface area contributed by atoms with E-state index in [4.69, 9.17) is 9.47 Å². The van der Waals surface area contributed by atoms with Crippen LogP contribution in [-0.2, 0) is 0 Å². The summed E-state index contributed by atoms with van der Waals surface area (Å²) < 4.78 is 14.3. The molecule has 0 amide bonds. The third-order valence-electron chi connectivity index (χ3n) is 7.47. The van der Waals surface area contributed by atoms with E-state index in [-0.39, 0.29) is 0 Å². The molecule has 0 saturated heterocycles. The number of ether oxygens (including phenoxy) is 2. The van der Waals surface area contributed by atoms with Crippen LogP contribution in [0.2, 0.25) is 0 Å². The van der Waals surface area contributed by atoms with E-state index in [2.05, 4.69) is 106 Å². The summed E-state index contributed by atoms with van der Waals surface area (Å²) >= 11 is 11.1. The highest BCUT2D eigenvalue weighted by Gasteiger charge is 2.19. The first-order chi connectivity index (χ1) is 20.6. The van der Waals surface area contributed by atoms with Crippen LogP contribution in [-0.4, -0.2) is 13.2 Å². The summed E-state index contributed by atoms with van der Waals surface area (Å²) in [6.07, 6.45) is 15.3. The van der Waals surface area contributed by atoms with E-state index in [1.54, 1.807) is 22.7 Å². The van der Waals surface area contributed by atoms with E-state index >= 15 is 0 Å². The van der Waals surface area contributed by atoms with Crippen LogP contribution in [0.15, 0.2) is 68.2 Å². The maximum atomic E-state index is 6.04. The molecule has 2 aromatic carbocycles. The third kappa shape index (κ3) is 10.2. The zero-order valence-electron chi connectivity index (χ0n) is 25.1. The van der Waals surface area contributed by atoms with Crippen LogP contribution in [0.4, 0.5) is 0 Å². The van der Waals surface area contributed by atoms with Gasteiger partial charge in [0.25, 0.3) is 0 Å². The fraction of sp³-hybridized carbons (Fsp3) is 0.444. The van der Waals surface area contributed by atoms with Crippen LogP contribution in [0.5, 0.6) is 11.5 Å². The fourth-order valence-electron chi connectivity index (χ4n) is 5.09. The van der Waals surface area contributed by atoms with Crippen molar-refractivity contribution in [1.82, 2.24) is 0 Å². The summed E-state index contributed by atoms with van der Waals surface area (Å²) in [7, 11) is 0. The molecule has 0 fully saturated rings. The Kier molecular flexibility index (Phi) is 14.5.